The molecule has 0 aliphatic heterocycles. The Hall–Kier alpha value is -3.28. The van der Waals surface area contributed by atoms with Crippen LogP contribution >= 0.6 is 0 Å². The molecule has 6 nitrogen and oxygen atoms in total. The van der Waals surface area contributed by atoms with Gasteiger partial charge in [-0.15, -0.1) is 0 Å². The van der Waals surface area contributed by atoms with Crippen LogP contribution in [-0.2, 0) is 20.7 Å². The van der Waals surface area contributed by atoms with Gasteiger partial charge in [0.25, 0.3) is 0 Å². The SMILES string of the molecule is CC1CCC(C(=O)Oc2ccc(/C=C/C(=O)OCCc3cc(N)ccc3N)cc2)CC1. The second-order valence-electron chi connectivity index (χ2n) is 8.16. The molecule has 0 aromatic heterocycles. The summed E-state index contributed by atoms with van der Waals surface area (Å²) in [5.41, 5.74) is 14.5. The third-order valence-electron chi connectivity index (χ3n) is 5.64. The standard InChI is InChI=1S/C25H30N2O4/c1-17-2-7-19(8-3-17)25(29)31-22-10-4-18(5-11-22)6-13-24(28)30-15-14-20-16-21(26)9-12-23(20)27/h4-6,9-13,16-17,19H,2-3,7-8,14-15,26-27H2,1H3/b13-6+. The first kappa shape index (κ1) is 22.4. The third-order valence-corrected chi connectivity index (χ3v) is 5.64. The van der Waals surface area contributed by atoms with Crippen LogP contribution in [0.4, 0.5) is 11.4 Å². The molecule has 0 bridgehead atoms. The van der Waals surface area contributed by atoms with E-state index in [0.717, 1.165) is 36.8 Å². The first-order valence-electron chi connectivity index (χ1n) is 10.7. The monoisotopic (exact) mass is 422 g/mol. The van der Waals surface area contributed by atoms with Gasteiger partial charge in [0.05, 0.1) is 12.5 Å². The molecule has 1 aliphatic carbocycles. The van der Waals surface area contributed by atoms with Gasteiger partial charge in [-0.25, -0.2) is 4.79 Å². The van der Waals surface area contributed by atoms with Gasteiger partial charge in [-0.3, -0.25) is 4.79 Å². The van der Waals surface area contributed by atoms with Crippen molar-refractivity contribution in [2.24, 2.45) is 11.8 Å². The van der Waals surface area contributed by atoms with E-state index in [0.29, 0.717) is 29.5 Å². The smallest absolute Gasteiger partial charge is 0.330 e. The van der Waals surface area contributed by atoms with Gasteiger partial charge in [0.1, 0.15) is 5.75 Å². The topological polar surface area (TPSA) is 105 Å². The van der Waals surface area contributed by atoms with Crippen LogP contribution in [0.15, 0.2) is 48.5 Å². The number of nitrogens with two attached hydrogens (primary N) is 2. The quantitative estimate of drug-likeness (QED) is 0.297. The first-order valence-corrected chi connectivity index (χ1v) is 10.7. The van der Waals surface area contributed by atoms with Gasteiger partial charge in [-0.1, -0.05) is 19.1 Å². The minimum Gasteiger partial charge on any atom is -0.462 e. The Morgan fingerprint density at radius 2 is 1.74 bits per heavy atom. The van der Waals surface area contributed by atoms with Crippen LogP contribution in [0.1, 0.15) is 43.7 Å². The fourth-order valence-corrected chi connectivity index (χ4v) is 3.66. The lowest BCUT2D eigenvalue weighted by Crippen LogP contribution is -2.24. The van der Waals surface area contributed by atoms with Crippen LogP contribution in [0.5, 0.6) is 5.75 Å². The van der Waals surface area contributed by atoms with Gasteiger partial charge < -0.3 is 20.9 Å². The molecule has 0 spiro atoms. The minimum absolute atomic E-state index is 0.00628. The Balaban J connectivity index is 1.43. The summed E-state index contributed by atoms with van der Waals surface area (Å²) in [6.07, 6.45) is 7.47. The van der Waals surface area contributed by atoms with Crippen LogP contribution in [-0.4, -0.2) is 18.5 Å². The summed E-state index contributed by atoms with van der Waals surface area (Å²) in [5, 5.41) is 0. The average molecular weight is 423 g/mol. The zero-order valence-electron chi connectivity index (χ0n) is 17.9. The summed E-state index contributed by atoms with van der Waals surface area (Å²) in [6.45, 7) is 2.44. The molecule has 1 fully saturated rings. The van der Waals surface area contributed by atoms with E-state index in [4.69, 9.17) is 20.9 Å². The van der Waals surface area contributed by atoms with Crippen molar-refractivity contribution < 1.29 is 19.1 Å². The molecule has 1 saturated carbocycles. The molecule has 164 valence electrons. The van der Waals surface area contributed by atoms with E-state index in [1.54, 1.807) is 48.5 Å². The summed E-state index contributed by atoms with van der Waals surface area (Å²) in [5.74, 6) is 0.609. The molecular weight excluding hydrogens is 392 g/mol. The fraction of sp³-hybridized carbons (Fsp3) is 0.360. The molecule has 2 aromatic carbocycles. The van der Waals surface area contributed by atoms with Crippen molar-refractivity contribution in [2.75, 3.05) is 18.1 Å². The number of ether oxygens (including phenoxy) is 2. The van der Waals surface area contributed by atoms with E-state index in [1.165, 1.54) is 6.08 Å². The van der Waals surface area contributed by atoms with Crippen molar-refractivity contribution in [3.8, 4) is 5.75 Å². The number of nitrogen functional groups attached to an aromatic ring is 2. The zero-order chi connectivity index (χ0) is 22.2. The summed E-state index contributed by atoms with van der Waals surface area (Å²) >= 11 is 0. The van der Waals surface area contributed by atoms with Crippen molar-refractivity contribution in [1.82, 2.24) is 0 Å². The van der Waals surface area contributed by atoms with Crippen molar-refractivity contribution in [1.29, 1.82) is 0 Å². The Morgan fingerprint density at radius 1 is 1.03 bits per heavy atom. The van der Waals surface area contributed by atoms with Crippen LogP contribution in [0.3, 0.4) is 0 Å². The predicted molar refractivity (Wildman–Crippen MR) is 122 cm³/mol. The maximum absolute atomic E-state index is 12.3. The van der Waals surface area contributed by atoms with Crippen molar-refractivity contribution in [3.63, 3.8) is 0 Å². The van der Waals surface area contributed by atoms with E-state index in [2.05, 4.69) is 6.92 Å². The molecule has 0 saturated heterocycles. The molecule has 4 N–H and O–H groups in total. The van der Waals surface area contributed by atoms with Crippen LogP contribution in [0.2, 0.25) is 0 Å². The highest BCUT2D eigenvalue weighted by atomic mass is 16.5. The highest BCUT2D eigenvalue weighted by molar-refractivity contribution is 5.87. The fourth-order valence-electron chi connectivity index (χ4n) is 3.66. The summed E-state index contributed by atoms with van der Waals surface area (Å²) in [6, 6.07) is 12.3. The molecule has 1 aliphatic rings. The Labute approximate surface area is 183 Å². The number of anilines is 2. The lowest BCUT2D eigenvalue weighted by Gasteiger charge is -2.24. The number of benzene rings is 2. The lowest BCUT2D eigenvalue weighted by atomic mass is 9.83. The third kappa shape index (κ3) is 6.88. The van der Waals surface area contributed by atoms with E-state index >= 15 is 0 Å². The molecule has 2 aromatic rings. The lowest BCUT2D eigenvalue weighted by molar-refractivity contribution is -0.140. The Bertz CT molecular complexity index is 929. The molecular formula is C25H30N2O4. The molecule has 0 heterocycles. The van der Waals surface area contributed by atoms with Crippen molar-refractivity contribution in [2.45, 2.75) is 39.0 Å². The molecule has 3 rings (SSSR count). The summed E-state index contributed by atoms with van der Waals surface area (Å²) in [4.78, 5) is 24.2. The summed E-state index contributed by atoms with van der Waals surface area (Å²) < 4.78 is 10.7. The second kappa shape index (κ2) is 10.7. The van der Waals surface area contributed by atoms with Gasteiger partial charge in [-0.2, -0.15) is 0 Å². The zero-order valence-corrected chi connectivity index (χ0v) is 17.9. The second-order valence-corrected chi connectivity index (χ2v) is 8.16. The van der Waals surface area contributed by atoms with E-state index < -0.39 is 5.97 Å². The largest absolute Gasteiger partial charge is 0.462 e. The molecule has 0 unspecified atom stereocenters. The van der Waals surface area contributed by atoms with Gasteiger partial charge in [0.15, 0.2) is 0 Å². The highest BCUT2D eigenvalue weighted by Gasteiger charge is 2.25. The number of hydrogen-bond acceptors (Lipinski definition) is 6. The first-order chi connectivity index (χ1) is 14.9. The number of carbonyl (C=O) groups excluding carboxylic acids is 2. The maximum atomic E-state index is 12.3. The Morgan fingerprint density at radius 3 is 2.45 bits per heavy atom. The number of esters is 2. The van der Waals surface area contributed by atoms with Gasteiger partial charge in [0, 0.05) is 23.9 Å². The van der Waals surface area contributed by atoms with E-state index in [-0.39, 0.29) is 18.5 Å². The van der Waals surface area contributed by atoms with E-state index in [9.17, 15) is 9.59 Å². The number of hydrogen-bond donors (Lipinski definition) is 2. The van der Waals surface area contributed by atoms with Crippen LogP contribution in [0, 0.1) is 11.8 Å². The molecule has 6 heteroatoms. The molecule has 0 atom stereocenters. The van der Waals surface area contributed by atoms with Gasteiger partial charge in [0.2, 0.25) is 0 Å². The van der Waals surface area contributed by atoms with Crippen molar-refractivity contribution >= 4 is 29.4 Å². The number of carbonyl (C=O) groups is 2. The van der Waals surface area contributed by atoms with Gasteiger partial charge >= 0.3 is 11.9 Å². The molecule has 0 amide bonds. The maximum Gasteiger partial charge on any atom is 0.330 e. The normalized spacial score (nSPS) is 18.6. The minimum atomic E-state index is -0.440. The van der Waals surface area contributed by atoms with Crippen LogP contribution < -0.4 is 16.2 Å². The Kier molecular flexibility index (Phi) is 7.70. The van der Waals surface area contributed by atoms with Crippen molar-refractivity contribution in [3.05, 3.63) is 59.7 Å². The van der Waals surface area contributed by atoms with Gasteiger partial charge in [-0.05, 0) is 79.1 Å². The van der Waals surface area contributed by atoms with Crippen LogP contribution in [0.25, 0.3) is 6.08 Å². The predicted octanol–water partition coefficient (Wildman–Crippen LogP) is 4.38. The molecule has 31 heavy (non-hydrogen) atoms. The highest BCUT2D eigenvalue weighted by Crippen LogP contribution is 2.29. The van der Waals surface area contributed by atoms with E-state index in [1.807, 2.05) is 0 Å². The summed E-state index contributed by atoms with van der Waals surface area (Å²) in [7, 11) is 0. The average Bonchev–Trinajstić information content (AvgIpc) is 2.76. The number of rotatable bonds is 7. The molecule has 0 radical (unpaired) electrons.